The van der Waals surface area contributed by atoms with Gasteiger partial charge in [0.05, 0.1) is 10.7 Å². The molecular formula is C21H25ClN4O2. The Hall–Kier alpha value is -2.57. The van der Waals surface area contributed by atoms with Gasteiger partial charge in [-0.25, -0.2) is 4.79 Å². The fourth-order valence-corrected chi connectivity index (χ4v) is 3.73. The number of nitrogens with zero attached hydrogens (tertiary/aromatic N) is 2. The van der Waals surface area contributed by atoms with Gasteiger partial charge in [-0.1, -0.05) is 54.1 Å². The summed E-state index contributed by atoms with van der Waals surface area (Å²) >= 11 is 6.33. The number of carbonyl (C=O) groups is 2. The summed E-state index contributed by atoms with van der Waals surface area (Å²) in [7, 11) is 0. The van der Waals surface area contributed by atoms with Gasteiger partial charge in [0.25, 0.3) is 0 Å². The van der Waals surface area contributed by atoms with Crippen LogP contribution in [0.15, 0.2) is 54.6 Å². The van der Waals surface area contributed by atoms with Gasteiger partial charge in [-0.3, -0.25) is 15.0 Å². The van der Waals surface area contributed by atoms with Crippen molar-refractivity contribution in [2.45, 2.75) is 13.0 Å². The van der Waals surface area contributed by atoms with Crippen molar-refractivity contribution in [2.75, 3.05) is 37.6 Å². The fourth-order valence-electron chi connectivity index (χ4n) is 3.48. The average molecular weight is 401 g/mol. The van der Waals surface area contributed by atoms with E-state index in [0.29, 0.717) is 19.6 Å². The third kappa shape index (κ3) is 4.82. The third-order valence-corrected chi connectivity index (χ3v) is 5.13. The van der Waals surface area contributed by atoms with Crippen molar-refractivity contribution in [3.63, 3.8) is 0 Å². The van der Waals surface area contributed by atoms with E-state index in [4.69, 9.17) is 11.6 Å². The van der Waals surface area contributed by atoms with Crippen LogP contribution in [0.5, 0.6) is 0 Å². The quantitative estimate of drug-likeness (QED) is 0.809. The van der Waals surface area contributed by atoms with Gasteiger partial charge in [-0.05, 0) is 24.6 Å². The van der Waals surface area contributed by atoms with Crippen LogP contribution >= 0.6 is 11.6 Å². The number of benzene rings is 2. The molecule has 1 atom stereocenters. The van der Waals surface area contributed by atoms with Crippen molar-refractivity contribution in [1.82, 2.24) is 15.5 Å². The number of halogens is 1. The molecule has 0 unspecified atom stereocenters. The number of carbonyl (C=O) groups excluding carboxylic acids is 2. The van der Waals surface area contributed by atoms with Gasteiger partial charge < -0.3 is 10.2 Å². The van der Waals surface area contributed by atoms with Crippen molar-refractivity contribution in [1.29, 1.82) is 0 Å². The number of imide groups is 1. The number of hydrogen-bond donors (Lipinski definition) is 2. The first-order valence-corrected chi connectivity index (χ1v) is 9.85. The molecule has 0 saturated carbocycles. The molecule has 1 heterocycles. The van der Waals surface area contributed by atoms with E-state index >= 15 is 0 Å². The zero-order chi connectivity index (χ0) is 19.9. The molecule has 0 spiro atoms. The van der Waals surface area contributed by atoms with Gasteiger partial charge >= 0.3 is 6.03 Å². The molecule has 148 valence electrons. The highest BCUT2D eigenvalue weighted by molar-refractivity contribution is 6.33. The molecule has 1 aliphatic rings. The maximum Gasteiger partial charge on any atom is 0.321 e. The van der Waals surface area contributed by atoms with Gasteiger partial charge in [-0.2, -0.15) is 0 Å². The molecule has 2 aromatic rings. The lowest BCUT2D eigenvalue weighted by Gasteiger charge is -2.39. The second-order valence-corrected chi connectivity index (χ2v) is 7.04. The number of hydrogen-bond acceptors (Lipinski definition) is 4. The maximum absolute atomic E-state index is 12.9. The van der Waals surface area contributed by atoms with E-state index < -0.39 is 12.1 Å². The first-order valence-electron chi connectivity index (χ1n) is 9.47. The summed E-state index contributed by atoms with van der Waals surface area (Å²) < 4.78 is 0. The van der Waals surface area contributed by atoms with Crippen molar-refractivity contribution in [3.8, 4) is 0 Å². The summed E-state index contributed by atoms with van der Waals surface area (Å²) in [6, 6.07) is 16.4. The van der Waals surface area contributed by atoms with E-state index in [1.165, 1.54) is 0 Å². The van der Waals surface area contributed by atoms with E-state index in [1.54, 1.807) is 0 Å². The van der Waals surface area contributed by atoms with Crippen molar-refractivity contribution in [2.24, 2.45) is 0 Å². The number of nitrogens with one attached hydrogen (secondary N) is 2. The molecular weight excluding hydrogens is 376 g/mol. The highest BCUT2D eigenvalue weighted by Crippen LogP contribution is 2.28. The minimum atomic E-state index is -0.516. The van der Waals surface area contributed by atoms with Crippen LogP contribution in [-0.4, -0.2) is 49.6 Å². The van der Waals surface area contributed by atoms with Crippen LogP contribution in [0.25, 0.3) is 0 Å². The highest BCUT2D eigenvalue weighted by atomic mass is 35.5. The summed E-state index contributed by atoms with van der Waals surface area (Å²) in [6.07, 6.45) is 0. The standard InChI is InChI=1S/C21H25ClN4O2/c1-2-23-21(28)24-20(27)19(16-8-4-3-5-9-16)26-14-12-25(13-15-26)18-11-7-6-10-17(18)22/h3-11,19H,2,12-15H2,1H3,(H2,23,24,27,28)/t19-/m0/s1. The van der Waals surface area contributed by atoms with Gasteiger partial charge in [0.1, 0.15) is 6.04 Å². The Morgan fingerprint density at radius 1 is 1.00 bits per heavy atom. The lowest BCUT2D eigenvalue weighted by molar-refractivity contribution is -0.125. The summed E-state index contributed by atoms with van der Waals surface area (Å²) in [5, 5.41) is 5.80. The number of piperazine rings is 1. The van der Waals surface area contributed by atoms with Gasteiger partial charge in [0.15, 0.2) is 0 Å². The topological polar surface area (TPSA) is 64.7 Å². The van der Waals surface area contributed by atoms with Gasteiger partial charge in [0, 0.05) is 32.7 Å². The van der Waals surface area contributed by atoms with Crippen LogP contribution in [0.2, 0.25) is 5.02 Å². The van der Waals surface area contributed by atoms with Crippen LogP contribution in [0, 0.1) is 0 Å². The summed E-state index contributed by atoms with van der Waals surface area (Å²) in [5.41, 5.74) is 1.88. The van der Waals surface area contributed by atoms with E-state index in [1.807, 2.05) is 61.5 Å². The van der Waals surface area contributed by atoms with Crippen molar-refractivity contribution in [3.05, 3.63) is 65.2 Å². The fraction of sp³-hybridized carbons (Fsp3) is 0.333. The Bertz CT molecular complexity index is 807. The second-order valence-electron chi connectivity index (χ2n) is 6.64. The molecule has 3 amide bonds. The number of anilines is 1. The number of para-hydroxylation sites is 1. The Morgan fingerprint density at radius 2 is 1.64 bits per heavy atom. The minimum Gasteiger partial charge on any atom is -0.368 e. The molecule has 1 fully saturated rings. The number of amides is 3. The molecule has 6 nitrogen and oxygen atoms in total. The highest BCUT2D eigenvalue weighted by Gasteiger charge is 2.31. The largest absolute Gasteiger partial charge is 0.368 e. The Labute approximate surface area is 170 Å². The average Bonchev–Trinajstić information content (AvgIpc) is 2.70. The molecule has 28 heavy (non-hydrogen) atoms. The lowest BCUT2D eigenvalue weighted by Crippen LogP contribution is -2.52. The molecule has 2 aromatic carbocycles. The zero-order valence-electron chi connectivity index (χ0n) is 15.9. The smallest absolute Gasteiger partial charge is 0.321 e. The first kappa shape index (κ1) is 20.2. The van der Waals surface area contributed by atoms with Crippen LogP contribution in [-0.2, 0) is 4.79 Å². The molecule has 0 aromatic heterocycles. The predicted molar refractivity (Wildman–Crippen MR) is 112 cm³/mol. The van der Waals surface area contributed by atoms with Gasteiger partial charge in [0.2, 0.25) is 5.91 Å². The molecule has 1 aliphatic heterocycles. The first-order chi connectivity index (χ1) is 13.6. The zero-order valence-corrected chi connectivity index (χ0v) is 16.7. The van der Waals surface area contributed by atoms with Crippen molar-refractivity contribution < 1.29 is 9.59 Å². The Kier molecular flexibility index (Phi) is 6.90. The molecule has 0 bridgehead atoms. The van der Waals surface area contributed by atoms with E-state index in [-0.39, 0.29) is 5.91 Å². The molecule has 1 saturated heterocycles. The Balaban J connectivity index is 1.74. The molecule has 3 rings (SSSR count). The van der Waals surface area contributed by atoms with E-state index in [2.05, 4.69) is 20.4 Å². The monoisotopic (exact) mass is 400 g/mol. The van der Waals surface area contributed by atoms with Crippen LogP contribution in [0.3, 0.4) is 0 Å². The summed E-state index contributed by atoms with van der Waals surface area (Å²) in [6.45, 7) is 5.16. The lowest BCUT2D eigenvalue weighted by atomic mass is 10.0. The molecule has 0 radical (unpaired) electrons. The molecule has 2 N–H and O–H groups in total. The maximum atomic E-state index is 12.9. The molecule has 0 aliphatic carbocycles. The Morgan fingerprint density at radius 3 is 2.29 bits per heavy atom. The van der Waals surface area contributed by atoms with Crippen LogP contribution in [0.4, 0.5) is 10.5 Å². The summed E-state index contributed by atoms with van der Waals surface area (Å²) in [4.78, 5) is 29.1. The third-order valence-electron chi connectivity index (χ3n) is 4.81. The summed E-state index contributed by atoms with van der Waals surface area (Å²) in [5.74, 6) is -0.316. The normalized spacial score (nSPS) is 15.7. The SMILES string of the molecule is CCNC(=O)NC(=O)[C@H](c1ccccc1)N1CCN(c2ccccc2Cl)CC1. The number of rotatable bonds is 5. The van der Waals surface area contributed by atoms with Gasteiger partial charge in [-0.15, -0.1) is 0 Å². The van der Waals surface area contributed by atoms with Crippen molar-refractivity contribution >= 4 is 29.2 Å². The minimum absolute atomic E-state index is 0.316. The number of urea groups is 1. The molecule has 7 heteroatoms. The second kappa shape index (κ2) is 9.57. The van der Waals surface area contributed by atoms with Crippen LogP contribution in [0.1, 0.15) is 18.5 Å². The van der Waals surface area contributed by atoms with E-state index in [0.717, 1.165) is 29.4 Å². The van der Waals surface area contributed by atoms with Crippen LogP contribution < -0.4 is 15.5 Å². The predicted octanol–water partition coefficient (Wildman–Crippen LogP) is 3.05. The van der Waals surface area contributed by atoms with E-state index in [9.17, 15) is 9.59 Å².